The van der Waals surface area contributed by atoms with Gasteiger partial charge in [-0.05, 0) is 55.8 Å². The standard InChI is InChI=1S/C26H28N8O4/c1-4-12-29-22-21(15-30-25(34-22)33-18-10-8-17(14-27)9-11-18)24(36)32-20-7-5-6-19(13-20)31-23(35)16(2)38-26(37)28-3/h5-11,13,15-16H,4,12H2,1-3H3,(H,28,37)(H,31,35)(H,32,36)(H2,29,30,33,34). The Bertz CT molecular complexity index is 1340. The Balaban J connectivity index is 1.73. The van der Waals surface area contributed by atoms with Crippen LogP contribution in [0.5, 0.6) is 0 Å². The number of nitrogens with zero attached hydrogens (tertiary/aromatic N) is 3. The molecule has 0 saturated heterocycles. The van der Waals surface area contributed by atoms with Gasteiger partial charge in [0.25, 0.3) is 11.8 Å². The minimum absolute atomic E-state index is 0.228. The second kappa shape index (κ2) is 13.2. The Morgan fingerprint density at radius 2 is 1.76 bits per heavy atom. The van der Waals surface area contributed by atoms with Crippen molar-refractivity contribution < 1.29 is 19.1 Å². The lowest BCUT2D eigenvalue weighted by molar-refractivity contribution is -0.123. The molecule has 0 fully saturated rings. The summed E-state index contributed by atoms with van der Waals surface area (Å²) < 4.78 is 4.92. The molecule has 12 heteroatoms. The summed E-state index contributed by atoms with van der Waals surface area (Å²) in [6, 6.07) is 15.4. The van der Waals surface area contributed by atoms with E-state index in [1.165, 1.54) is 20.2 Å². The molecule has 1 heterocycles. The van der Waals surface area contributed by atoms with E-state index in [2.05, 4.69) is 42.6 Å². The van der Waals surface area contributed by atoms with Gasteiger partial charge >= 0.3 is 6.09 Å². The van der Waals surface area contributed by atoms with Gasteiger partial charge in [0.05, 0.1) is 11.6 Å². The fourth-order valence-electron chi connectivity index (χ4n) is 3.13. The van der Waals surface area contributed by atoms with Crippen LogP contribution in [0.25, 0.3) is 0 Å². The van der Waals surface area contributed by atoms with Gasteiger partial charge in [0.15, 0.2) is 6.10 Å². The Labute approximate surface area is 219 Å². The Morgan fingerprint density at radius 3 is 2.42 bits per heavy atom. The Morgan fingerprint density at radius 1 is 1.05 bits per heavy atom. The lowest BCUT2D eigenvalue weighted by atomic mass is 10.2. The SMILES string of the molecule is CCCNc1nc(Nc2ccc(C#N)cc2)ncc1C(=O)Nc1cccc(NC(=O)C(C)OC(=O)NC)c1. The second-order valence-electron chi connectivity index (χ2n) is 8.02. The molecule has 38 heavy (non-hydrogen) atoms. The highest BCUT2D eigenvalue weighted by Crippen LogP contribution is 2.21. The molecular formula is C26H28N8O4. The van der Waals surface area contributed by atoms with Crippen LogP contribution in [0.2, 0.25) is 0 Å². The van der Waals surface area contributed by atoms with Gasteiger partial charge in [-0.3, -0.25) is 9.59 Å². The van der Waals surface area contributed by atoms with Gasteiger partial charge in [-0.25, -0.2) is 9.78 Å². The second-order valence-corrected chi connectivity index (χ2v) is 8.02. The normalized spacial score (nSPS) is 10.9. The van der Waals surface area contributed by atoms with Crippen LogP contribution in [0, 0.1) is 11.3 Å². The maximum Gasteiger partial charge on any atom is 0.407 e. The maximum absolute atomic E-state index is 13.1. The molecule has 0 aliphatic rings. The van der Waals surface area contributed by atoms with E-state index in [1.54, 1.807) is 48.5 Å². The number of rotatable bonds is 10. The number of nitriles is 1. The number of hydrogen-bond donors (Lipinski definition) is 5. The minimum atomic E-state index is -1.02. The molecule has 3 rings (SSSR count). The largest absolute Gasteiger partial charge is 0.436 e. The number of hydrogen-bond acceptors (Lipinski definition) is 9. The summed E-state index contributed by atoms with van der Waals surface area (Å²) in [6.45, 7) is 4.02. The van der Waals surface area contributed by atoms with Gasteiger partial charge in [-0.2, -0.15) is 10.2 Å². The predicted molar refractivity (Wildman–Crippen MR) is 143 cm³/mol. The number of alkyl carbamates (subject to hydrolysis) is 1. The number of aromatic nitrogens is 2. The van der Waals surface area contributed by atoms with Crippen LogP contribution in [-0.2, 0) is 9.53 Å². The van der Waals surface area contributed by atoms with E-state index in [0.29, 0.717) is 35.0 Å². The molecule has 0 aliphatic carbocycles. The van der Waals surface area contributed by atoms with Crippen molar-refractivity contribution >= 4 is 46.7 Å². The van der Waals surface area contributed by atoms with Gasteiger partial charge in [-0.15, -0.1) is 0 Å². The molecule has 0 bridgehead atoms. The molecule has 1 aromatic heterocycles. The molecular weight excluding hydrogens is 488 g/mol. The lowest BCUT2D eigenvalue weighted by Crippen LogP contribution is -2.33. The highest BCUT2D eigenvalue weighted by atomic mass is 16.6. The van der Waals surface area contributed by atoms with Crippen molar-refractivity contribution in [2.45, 2.75) is 26.4 Å². The predicted octanol–water partition coefficient (Wildman–Crippen LogP) is 3.85. The highest BCUT2D eigenvalue weighted by molar-refractivity contribution is 6.07. The number of benzene rings is 2. The zero-order chi connectivity index (χ0) is 27.5. The molecule has 0 radical (unpaired) electrons. The number of nitrogens with one attached hydrogen (secondary N) is 5. The van der Waals surface area contributed by atoms with Crippen LogP contribution in [0.1, 0.15) is 36.2 Å². The van der Waals surface area contributed by atoms with Gasteiger partial charge in [-0.1, -0.05) is 13.0 Å². The molecule has 3 aromatic rings. The number of carbonyl (C=O) groups excluding carboxylic acids is 3. The van der Waals surface area contributed by atoms with Gasteiger partial charge in [0, 0.05) is 36.9 Å². The number of carbonyl (C=O) groups is 3. The number of amides is 3. The van der Waals surface area contributed by atoms with E-state index in [9.17, 15) is 14.4 Å². The first-order chi connectivity index (χ1) is 18.3. The van der Waals surface area contributed by atoms with Crippen molar-refractivity contribution in [3.63, 3.8) is 0 Å². The molecule has 1 atom stereocenters. The molecule has 0 spiro atoms. The zero-order valence-corrected chi connectivity index (χ0v) is 21.2. The molecule has 2 aromatic carbocycles. The summed E-state index contributed by atoms with van der Waals surface area (Å²) in [4.78, 5) is 45.5. The molecule has 196 valence electrons. The fraction of sp³-hybridized carbons (Fsp3) is 0.231. The van der Waals surface area contributed by atoms with Crippen molar-refractivity contribution in [1.82, 2.24) is 15.3 Å². The summed E-state index contributed by atoms with van der Waals surface area (Å²) >= 11 is 0. The van der Waals surface area contributed by atoms with E-state index in [-0.39, 0.29) is 11.5 Å². The highest BCUT2D eigenvalue weighted by Gasteiger charge is 2.18. The van der Waals surface area contributed by atoms with Crippen molar-refractivity contribution in [1.29, 1.82) is 5.26 Å². The fourth-order valence-corrected chi connectivity index (χ4v) is 3.13. The quantitative estimate of drug-likeness (QED) is 0.268. The van der Waals surface area contributed by atoms with E-state index >= 15 is 0 Å². The van der Waals surface area contributed by atoms with Crippen LogP contribution in [0.15, 0.2) is 54.7 Å². The molecule has 0 aliphatic heterocycles. The summed E-state index contributed by atoms with van der Waals surface area (Å²) in [6.07, 6.45) is 0.485. The monoisotopic (exact) mass is 516 g/mol. The Kier molecular flexibility index (Phi) is 9.53. The number of ether oxygens (including phenoxy) is 1. The first-order valence-corrected chi connectivity index (χ1v) is 11.8. The maximum atomic E-state index is 13.1. The van der Waals surface area contributed by atoms with Gasteiger partial charge in [0.1, 0.15) is 11.4 Å². The third-order valence-corrected chi connectivity index (χ3v) is 5.09. The molecule has 1 unspecified atom stereocenters. The lowest BCUT2D eigenvalue weighted by Gasteiger charge is -2.15. The average Bonchev–Trinajstić information content (AvgIpc) is 2.92. The third kappa shape index (κ3) is 7.66. The molecule has 3 amide bonds. The zero-order valence-electron chi connectivity index (χ0n) is 21.2. The third-order valence-electron chi connectivity index (χ3n) is 5.09. The first kappa shape index (κ1) is 27.4. The summed E-state index contributed by atoms with van der Waals surface area (Å²) in [5.74, 6) is -0.349. The number of anilines is 5. The van der Waals surface area contributed by atoms with Crippen molar-refractivity contribution in [2.24, 2.45) is 0 Å². The van der Waals surface area contributed by atoms with E-state index in [4.69, 9.17) is 10.00 Å². The molecule has 0 saturated carbocycles. The van der Waals surface area contributed by atoms with Crippen LogP contribution in [-0.4, -0.2) is 47.6 Å². The smallest absolute Gasteiger partial charge is 0.407 e. The summed E-state index contributed by atoms with van der Waals surface area (Å²) in [5.41, 5.74) is 2.28. The van der Waals surface area contributed by atoms with Crippen molar-refractivity contribution in [3.8, 4) is 6.07 Å². The van der Waals surface area contributed by atoms with Gasteiger partial charge in [0.2, 0.25) is 5.95 Å². The molecule has 12 nitrogen and oxygen atoms in total. The van der Waals surface area contributed by atoms with Crippen LogP contribution < -0.4 is 26.6 Å². The van der Waals surface area contributed by atoms with Crippen molar-refractivity contribution in [3.05, 3.63) is 65.9 Å². The van der Waals surface area contributed by atoms with Crippen LogP contribution in [0.4, 0.5) is 33.6 Å². The van der Waals surface area contributed by atoms with Crippen LogP contribution in [0.3, 0.4) is 0 Å². The minimum Gasteiger partial charge on any atom is -0.436 e. The first-order valence-electron chi connectivity index (χ1n) is 11.8. The van der Waals surface area contributed by atoms with Crippen LogP contribution >= 0.6 is 0 Å². The topological polar surface area (TPSA) is 170 Å². The average molecular weight is 517 g/mol. The van der Waals surface area contributed by atoms with E-state index < -0.39 is 24.0 Å². The summed E-state index contributed by atoms with van der Waals surface area (Å²) in [5, 5.41) is 22.9. The van der Waals surface area contributed by atoms with E-state index in [0.717, 1.165) is 6.42 Å². The van der Waals surface area contributed by atoms with E-state index in [1.807, 2.05) is 6.92 Å². The molecule has 5 N–H and O–H groups in total. The van der Waals surface area contributed by atoms with Gasteiger partial charge < -0.3 is 31.3 Å². The Hall–Kier alpha value is -5.18. The van der Waals surface area contributed by atoms with Crippen molar-refractivity contribution in [2.75, 3.05) is 34.9 Å². The summed E-state index contributed by atoms with van der Waals surface area (Å²) in [7, 11) is 1.40.